The largest absolute Gasteiger partial charge is 0.445 e. The highest BCUT2D eigenvalue weighted by Gasteiger charge is 2.30. The van der Waals surface area contributed by atoms with Gasteiger partial charge in [0.05, 0.1) is 18.4 Å². The second-order valence-corrected chi connectivity index (χ2v) is 10.1. The minimum Gasteiger partial charge on any atom is -0.445 e. The predicted octanol–water partition coefficient (Wildman–Crippen LogP) is 4.91. The molecule has 2 aromatic heterocycles. The van der Waals surface area contributed by atoms with E-state index in [4.69, 9.17) is 13.6 Å². The summed E-state index contributed by atoms with van der Waals surface area (Å²) >= 11 is 0. The number of aliphatic hydroxyl groups is 4. The maximum atomic E-state index is 12.5. The van der Waals surface area contributed by atoms with Crippen molar-refractivity contribution in [2.75, 3.05) is 0 Å². The van der Waals surface area contributed by atoms with Gasteiger partial charge in [-0.1, -0.05) is 77.6 Å². The fourth-order valence-electron chi connectivity index (χ4n) is 4.27. The topological polar surface area (TPSA) is 159 Å². The van der Waals surface area contributed by atoms with E-state index in [0.717, 1.165) is 19.3 Å². The van der Waals surface area contributed by atoms with Crippen molar-refractivity contribution in [3.63, 3.8) is 0 Å². The van der Waals surface area contributed by atoms with Gasteiger partial charge in [-0.05, 0) is 13.3 Å². The van der Waals surface area contributed by atoms with Gasteiger partial charge < -0.3 is 34.0 Å². The number of carbonyl (C=O) groups is 1. The van der Waals surface area contributed by atoms with Gasteiger partial charge in [-0.3, -0.25) is 4.79 Å². The molecule has 38 heavy (non-hydrogen) atoms. The molecule has 4 N–H and O–H groups in total. The number of oxazole rings is 2. The van der Waals surface area contributed by atoms with Crippen LogP contribution in [0.5, 0.6) is 0 Å². The monoisotopic (exact) mass is 538 g/mol. The second-order valence-electron chi connectivity index (χ2n) is 10.1. The standard InChI is InChI=1S/C28H46N2O8/c1-3-4-5-6-7-8-9-10-11-12-13-14-15-25(34)38-27(24-17-29-19-37-24)28-30-21(18-36-28)22(32)16-23(33)26(35)20(2)31/h17-20,22-23,26-27,31-33,35H,3-16H2,1-2H3/t20-,22+,23-,26+,27-/m0/s1. The molecule has 0 amide bonds. The van der Waals surface area contributed by atoms with Crippen molar-refractivity contribution >= 4 is 5.97 Å². The molecule has 0 aliphatic carbocycles. The molecule has 5 atom stereocenters. The molecule has 2 heterocycles. The van der Waals surface area contributed by atoms with Crippen LogP contribution < -0.4 is 0 Å². The molecule has 0 radical (unpaired) electrons. The number of aromatic nitrogens is 2. The van der Waals surface area contributed by atoms with Crippen molar-refractivity contribution in [3.05, 3.63) is 36.2 Å². The van der Waals surface area contributed by atoms with Gasteiger partial charge in [-0.15, -0.1) is 0 Å². The molecule has 0 fully saturated rings. The van der Waals surface area contributed by atoms with E-state index in [1.54, 1.807) is 0 Å². The lowest BCUT2D eigenvalue weighted by Gasteiger charge is -2.21. The summed E-state index contributed by atoms with van der Waals surface area (Å²) in [5.74, 6) is -0.209. The van der Waals surface area contributed by atoms with E-state index >= 15 is 0 Å². The van der Waals surface area contributed by atoms with Gasteiger partial charge in [0, 0.05) is 12.8 Å². The number of esters is 1. The van der Waals surface area contributed by atoms with Gasteiger partial charge in [0.25, 0.3) is 0 Å². The van der Waals surface area contributed by atoms with E-state index in [1.165, 1.54) is 83.6 Å². The molecule has 10 heteroatoms. The van der Waals surface area contributed by atoms with Crippen LogP contribution in [0.3, 0.4) is 0 Å². The number of nitrogens with zero attached hydrogens (tertiary/aromatic N) is 2. The van der Waals surface area contributed by atoms with Crippen LogP contribution >= 0.6 is 0 Å². The van der Waals surface area contributed by atoms with E-state index in [1.807, 2.05) is 0 Å². The van der Waals surface area contributed by atoms with E-state index < -0.39 is 36.5 Å². The smallest absolute Gasteiger partial charge is 0.307 e. The molecular formula is C28H46N2O8. The molecule has 216 valence electrons. The second kappa shape index (κ2) is 18.1. The van der Waals surface area contributed by atoms with E-state index in [2.05, 4.69) is 16.9 Å². The quantitative estimate of drug-likeness (QED) is 0.127. The lowest BCUT2D eigenvalue weighted by Crippen LogP contribution is -2.36. The van der Waals surface area contributed by atoms with Crippen molar-refractivity contribution in [2.45, 2.75) is 134 Å². The van der Waals surface area contributed by atoms with Crippen LogP contribution in [-0.2, 0) is 9.53 Å². The first kappa shape index (κ1) is 31.9. The fourth-order valence-corrected chi connectivity index (χ4v) is 4.27. The Bertz CT molecular complexity index is 870. The van der Waals surface area contributed by atoms with E-state index in [0.29, 0.717) is 0 Å². The normalized spacial score (nSPS) is 15.6. The summed E-state index contributed by atoms with van der Waals surface area (Å²) in [7, 11) is 0. The van der Waals surface area contributed by atoms with Crippen molar-refractivity contribution in [1.29, 1.82) is 0 Å². The molecule has 2 aromatic rings. The number of hydrogen-bond acceptors (Lipinski definition) is 10. The number of aliphatic hydroxyl groups excluding tert-OH is 4. The Hall–Kier alpha value is -2.27. The summed E-state index contributed by atoms with van der Waals surface area (Å²) in [4.78, 5) is 20.6. The third-order valence-corrected chi connectivity index (χ3v) is 6.65. The van der Waals surface area contributed by atoms with Gasteiger partial charge in [0.2, 0.25) is 12.0 Å². The first-order chi connectivity index (χ1) is 18.3. The van der Waals surface area contributed by atoms with Crippen LogP contribution in [0, 0.1) is 0 Å². The Morgan fingerprint density at radius 2 is 1.53 bits per heavy atom. The van der Waals surface area contributed by atoms with Crippen LogP contribution in [0.1, 0.15) is 133 Å². The molecule has 0 aliphatic rings. The summed E-state index contributed by atoms with van der Waals surface area (Å²) < 4.78 is 16.3. The zero-order chi connectivity index (χ0) is 27.8. The number of unbranched alkanes of at least 4 members (excludes halogenated alkanes) is 11. The molecular weight excluding hydrogens is 492 g/mol. The highest BCUT2D eigenvalue weighted by atomic mass is 16.6. The Balaban J connectivity index is 1.76. The maximum absolute atomic E-state index is 12.5. The molecule has 0 unspecified atom stereocenters. The first-order valence-electron chi connectivity index (χ1n) is 14.1. The molecule has 2 rings (SSSR count). The average Bonchev–Trinajstić information content (AvgIpc) is 3.60. The molecule has 0 saturated carbocycles. The SMILES string of the molecule is CCCCCCCCCCCCCCC(=O)O[C@@H](c1cnco1)c1nc([C@H](O)C[C@H](O)[C@H](O)[C@H](C)O)co1. The Morgan fingerprint density at radius 3 is 2.08 bits per heavy atom. The summed E-state index contributed by atoms with van der Waals surface area (Å²) in [5.41, 5.74) is 0.0818. The summed E-state index contributed by atoms with van der Waals surface area (Å²) in [6.45, 7) is 3.57. The molecule has 0 spiro atoms. The van der Waals surface area contributed by atoms with Gasteiger partial charge >= 0.3 is 5.97 Å². The highest BCUT2D eigenvalue weighted by molar-refractivity contribution is 5.69. The third kappa shape index (κ3) is 11.6. The molecule has 10 nitrogen and oxygen atoms in total. The van der Waals surface area contributed by atoms with Gasteiger partial charge in [-0.25, -0.2) is 9.97 Å². The Morgan fingerprint density at radius 1 is 0.921 bits per heavy atom. The van der Waals surface area contributed by atoms with Gasteiger partial charge in [0.1, 0.15) is 24.2 Å². The minimum atomic E-state index is -1.42. The van der Waals surface area contributed by atoms with Gasteiger partial charge in [-0.2, -0.15) is 0 Å². The molecule has 0 saturated heterocycles. The Kier molecular flexibility index (Phi) is 15.2. The van der Waals surface area contributed by atoms with Crippen molar-refractivity contribution in [3.8, 4) is 0 Å². The summed E-state index contributed by atoms with van der Waals surface area (Å²) in [6.07, 6.45) is 11.9. The average molecular weight is 539 g/mol. The number of ether oxygens (including phenoxy) is 1. The summed E-state index contributed by atoms with van der Waals surface area (Å²) in [5, 5.41) is 39.6. The van der Waals surface area contributed by atoms with Crippen molar-refractivity contribution in [1.82, 2.24) is 9.97 Å². The molecule has 0 bridgehead atoms. The van der Waals surface area contributed by atoms with Crippen LogP contribution in [-0.4, -0.2) is 54.7 Å². The lowest BCUT2D eigenvalue weighted by atomic mass is 10.0. The fraction of sp³-hybridized carbons (Fsp3) is 0.750. The van der Waals surface area contributed by atoms with Crippen molar-refractivity contribution in [2.24, 2.45) is 0 Å². The zero-order valence-electron chi connectivity index (χ0n) is 22.8. The van der Waals surface area contributed by atoms with Crippen LogP contribution in [0.4, 0.5) is 0 Å². The highest BCUT2D eigenvalue weighted by Crippen LogP contribution is 2.29. The number of rotatable bonds is 21. The Labute approximate surface area is 225 Å². The predicted molar refractivity (Wildman–Crippen MR) is 140 cm³/mol. The van der Waals surface area contributed by atoms with Crippen molar-refractivity contribution < 1.29 is 38.8 Å². The third-order valence-electron chi connectivity index (χ3n) is 6.65. The first-order valence-corrected chi connectivity index (χ1v) is 14.1. The van der Waals surface area contributed by atoms with Crippen LogP contribution in [0.25, 0.3) is 0 Å². The summed E-state index contributed by atoms with van der Waals surface area (Å²) in [6, 6.07) is 0. The molecule has 0 aliphatic heterocycles. The van der Waals surface area contributed by atoms with Crippen LogP contribution in [0.2, 0.25) is 0 Å². The minimum absolute atomic E-state index is 0.00981. The van der Waals surface area contributed by atoms with Crippen LogP contribution in [0.15, 0.2) is 27.7 Å². The zero-order valence-corrected chi connectivity index (χ0v) is 22.8. The molecule has 0 aromatic carbocycles. The maximum Gasteiger partial charge on any atom is 0.307 e. The van der Waals surface area contributed by atoms with Gasteiger partial charge in [0.15, 0.2) is 12.2 Å². The van der Waals surface area contributed by atoms with E-state index in [9.17, 15) is 25.2 Å². The number of carbonyl (C=O) groups excluding carboxylic acids is 1. The lowest BCUT2D eigenvalue weighted by molar-refractivity contribution is -0.149. The number of hydrogen-bond donors (Lipinski definition) is 4. The van der Waals surface area contributed by atoms with E-state index in [-0.39, 0.29) is 30.2 Å².